The second kappa shape index (κ2) is 5.95. The minimum Gasteiger partial charge on any atom is -0.467 e. The number of aromatic amines is 1. The fourth-order valence-corrected chi connectivity index (χ4v) is 2.35. The number of nitrogens with one attached hydrogen (secondary N) is 2. The van der Waals surface area contributed by atoms with Crippen molar-refractivity contribution in [2.75, 3.05) is 7.11 Å². The molecular formula is C15H19N3O3. The Kier molecular flexibility index (Phi) is 4.26. The molecular weight excluding hydrogens is 270 g/mol. The minimum atomic E-state index is -1.02. The third-order valence-electron chi connectivity index (χ3n) is 3.48. The number of hydrogen-bond donors (Lipinski definition) is 2. The van der Waals surface area contributed by atoms with E-state index in [9.17, 15) is 9.59 Å². The number of nitrogens with zero attached hydrogens (tertiary/aromatic N) is 1. The lowest BCUT2D eigenvalue weighted by Gasteiger charge is -2.27. The number of rotatable bonds is 5. The largest absolute Gasteiger partial charge is 0.467 e. The Morgan fingerprint density at radius 3 is 2.86 bits per heavy atom. The molecule has 0 aliphatic rings. The normalized spacial score (nSPS) is 13.7. The van der Waals surface area contributed by atoms with Crippen LogP contribution in [0.25, 0.3) is 10.9 Å². The highest BCUT2D eigenvalue weighted by Crippen LogP contribution is 2.17. The molecule has 6 heteroatoms. The highest BCUT2D eigenvalue weighted by molar-refractivity contribution is 6.00. The molecule has 0 aliphatic heterocycles. The van der Waals surface area contributed by atoms with Crippen molar-refractivity contribution in [1.82, 2.24) is 15.5 Å². The number of ether oxygens (including phenoxy) is 1. The fourth-order valence-electron chi connectivity index (χ4n) is 2.35. The fraction of sp³-hybridized carbons (Fsp3) is 0.400. The number of hydrogen-bond acceptors (Lipinski definition) is 4. The zero-order chi connectivity index (χ0) is 15.5. The minimum absolute atomic E-state index is 0.306. The number of fused-ring (bicyclic) bond motifs is 1. The zero-order valence-electron chi connectivity index (χ0n) is 12.4. The smallest absolute Gasteiger partial charge is 0.331 e. The van der Waals surface area contributed by atoms with Gasteiger partial charge in [-0.15, -0.1) is 0 Å². The van der Waals surface area contributed by atoms with E-state index in [1.165, 1.54) is 7.11 Å². The van der Waals surface area contributed by atoms with Gasteiger partial charge in [0, 0.05) is 10.9 Å². The molecule has 21 heavy (non-hydrogen) atoms. The van der Waals surface area contributed by atoms with Gasteiger partial charge in [-0.2, -0.15) is 5.10 Å². The third-order valence-corrected chi connectivity index (χ3v) is 3.48. The van der Waals surface area contributed by atoms with Gasteiger partial charge in [-0.3, -0.25) is 9.89 Å². The summed E-state index contributed by atoms with van der Waals surface area (Å²) in [4.78, 5) is 24.3. The third kappa shape index (κ3) is 3.04. The quantitative estimate of drug-likeness (QED) is 0.825. The molecule has 6 nitrogen and oxygen atoms in total. The molecule has 1 aromatic carbocycles. The monoisotopic (exact) mass is 289 g/mol. The van der Waals surface area contributed by atoms with E-state index in [1.54, 1.807) is 31.3 Å². The zero-order valence-corrected chi connectivity index (χ0v) is 12.4. The Labute approximate surface area is 122 Å². The molecule has 2 aromatic rings. The second-order valence-electron chi connectivity index (χ2n) is 5.20. The number of aromatic nitrogens is 2. The van der Waals surface area contributed by atoms with Gasteiger partial charge in [0.1, 0.15) is 5.54 Å². The maximum absolute atomic E-state index is 12.4. The van der Waals surface area contributed by atoms with Crippen molar-refractivity contribution in [3.63, 3.8) is 0 Å². The number of carbonyl (C=O) groups excluding carboxylic acids is 2. The van der Waals surface area contributed by atoms with Gasteiger partial charge in [-0.1, -0.05) is 13.3 Å². The van der Waals surface area contributed by atoms with Crippen molar-refractivity contribution in [1.29, 1.82) is 0 Å². The summed E-state index contributed by atoms with van der Waals surface area (Å²) in [5, 5.41) is 10.4. The average Bonchev–Trinajstić information content (AvgIpc) is 2.93. The van der Waals surface area contributed by atoms with Crippen LogP contribution in [0.1, 0.15) is 37.0 Å². The van der Waals surface area contributed by atoms with Crippen molar-refractivity contribution in [2.45, 2.75) is 32.2 Å². The molecule has 0 saturated heterocycles. The first-order valence-corrected chi connectivity index (χ1v) is 6.84. The van der Waals surface area contributed by atoms with Crippen LogP contribution in [-0.2, 0) is 9.53 Å². The van der Waals surface area contributed by atoms with Gasteiger partial charge >= 0.3 is 5.97 Å². The SMILES string of the molecule is CCC[C@](C)(NC(=O)c1ccc2[nH]ncc2c1)C(=O)OC. The van der Waals surface area contributed by atoms with E-state index in [4.69, 9.17) is 4.74 Å². The van der Waals surface area contributed by atoms with Crippen LogP contribution in [0.15, 0.2) is 24.4 Å². The molecule has 2 N–H and O–H groups in total. The van der Waals surface area contributed by atoms with Crippen LogP contribution in [0.4, 0.5) is 0 Å². The van der Waals surface area contributed by atoms with Gasteiger partial charge in [0.2, 0.25) is 0 Å². The molecule has 0 radical (unpaired) electrons. The summed E-state index contributed by atoms with van der Waals surface area (Å²) >= 11 is 0. The van der Waals surface area contributed by atoms with Crippen LogP contribution >= 0.6 is 0 Å². The van der Waals surface area contributed by atoms with E-state index in [2.05, 4.69) is 15.5 Å². The molecule has 0 saturated carbocycles. The Morgan fingerprint density at radius 1 is 1.43 bits per heavy atom. The Balaban J connectivity index is 2.23. The summed E-state index contributed by atoms with van der Waals surface area (Å²) < 4.78 is 4.79. The Bertz CT molecular complexity index is 665. The average molecular weight is 289 g/mol. The maximum atomic E-state index is 12.4. The molecule has 1 aromatic heterocycles. The van der Waals surface area contributed by atoms with Crippen LogP contribution in [0.2, 0.25) is 0 Å². The van der Waals surface area contributed by atoms with Crippen molar-refractivity contribution in [3.8, 4) is 0 Å². The van der Waals surface area contributed by atoms with Crippen molar-refractivity contribution >= 4 is 22.8 Å². The first kappa shape index (κ1) is 15.0. The van der Waals surface area contributed by atoms with Crippen LogP contribution in [0.5, 0.6) is 0 Å². The molecule has 1 atom stereocenters. The number of amides is 1. The molecule has 0 bridgehead atoms. The molecule has 1 heterocycles. The molecule has 112 valence electrons. The van der Waals surface area contributed by atoms with E-state index in [0.717, 1.165) is 17.3 Å². The summed E-state index contributed by atoms with van der Waals surface area (Å²) in [6.07, 6.45) is 2.92. The number of benzene rings is 1. The molecule has 2 rings (SSSR count). The summed E-state index contributed by atoms with van der Waals surface area (Å²) in [5.74, 6) is -0.749. The summed E-state index contributed by atoms with van der Waals surface area (Å²) in [6, 6.07) is 5.21. The van der Waals surface area contributed by atoms with Crippen molar-refractivity contribution in [2.24, 2.45) is 0 Å². The van der Waals surface area contributed by atoms with Gasteiger partial charge in [0.05, 0.1) is 18.8 Å². The van der Waals surface area contributed by atoms with Gasteiger partial charge in [-0.05, 0) is 31.5 Å². The van der Waals surface area contributed by atoms with Crippen LogP contribution in [0, 0.1) is 0 Å². The second-order valence-corrected chi connectivity index (χ2v) is 5.20. The van der Waals surface area contributed by atoms with Gasteiger partial charge in [-0.25, -0.2) is 4.79 Å². The van der Waals surface area contributed by atoms with Crippen LogP contribution in [0.3, 0.4) is 0 Å². The lowest BCUT2D eigenvalue weighted by atomic mass is 9.95. The molecule has 0 fully saturated rings. The molecule has 0 spiro atoms. The summed E-state index contributed by atoms with van der Waals surface area (Å²) in [5.41, 5.74) is 0.317. The van der Waals surface area contributed by atoms with Crippen molar-refractivity contribution in [3.05, 3.63) is 30.0 Å². The summed E-state index contributed by atoms with van der Waals surface area (Å²) in [6.45, 7) is 3.63. The standard InChI is InChI=1S/C15H19N3O3/c1-4-7-15(2,14(20)21-3)17-13(19)10-5-6-12-11(8-10)9-16-18-12/h5-6,8-9H,4,7H2,1-3H3,(H,16,18)(H,17,19)/t15-/m0/s1. The van der Waals surface area contributed by atoms with Crippen molar-refractivity contribution < 1.29 is 14.3 Å². The van der Waals surface area contributed by atoms with E-state index in [0.29, 0.717) is 12.0 Å². The van der Waals surface area contributed by atoms with Gasteiger partial charge < -0.3 is 10.1 Å². The number of esters is 1. The summed E-state index contributed by atoms with van der Waals surface area (Å²) in [7, 11) is 1.32. The van der Waals surface area contributed by atoms with Crippen LogP contribution in [-0.4, -0.2) is 34.7 Å². The first-order chi connectivity index (χ1) is 10.00. The van der Waals surface area contributed by atoms with Crippen LogP contribution < -0.4 is 5.32 Å². The highest BCUT2D eigenvalue weighted by Gasteiger charge is 2.35. The van der Waals surface area contributed by atoms with E-state index < -0.39 is 11.5 Å². The molecule has 1 amide bonds. The lowest BCUT2D eigenvalue weighted by molar-refractivity contribution is -0.147. The first-order valence-electron chi connectivity index (χ1n) is 6.84. The maximum Gasteiger partial charge on any atom is 0.331 e. The highest BCUT2D eigenvalue weighted by atomic mass is 16.5. The Morgan fingerprint density at radius 2 is 2.19 bits per heavy atom. The van der Waals surface area contributed by atoms with Gasteiger partial charge in [0.25, 0.3) is 5.91 Å². The number of carbonyl (C=O) groups is 2. The lowest BCUT2D eigenvalue weighted by Crippen LogP contribution is -2.52. The molecule has 0 aliphatic carbocycles. The van der Waals surface area contributed by atoms with E-state index >= 15 is 0 Å². The molecule has 0 unspecified atom stereocenters. The van der Waals surface area contributed by atoms with E-state index in [-0.39, 0.29) is 5.91 Å². The topological polar surface area (TPSA) is 84.1 Å². The van der Waals surface area contributed by atoms with Gasteiger partial charge in [0.15, 0.2) is 0 Å². The predicted octanol–water partition coefficient (Wildman–Crippen LogP) is 2.02. The predicted molar refractivity (Wildman–Crippen MR) is 78.9 cm³/mol. The Hall–Kier alpha value is -2.37. The number of methoxy groups -OCH3 is 1. The number of H-pyrrole nitrogens is 1. The van der Waals surface area contributed by atoms with E-state index in [1.807, 2.05) is 6.92 Å².